The molecule has 0 saturated carbocycles. The fraction of sp³-hybridized carbons (Fsp3) is 0. The van der Waals surface area contributed by atoms with Crippen molar-refractivity contribution in [2.45, 2.75) is 0 Å². The molecule has 0 aliphatic heterocycles. The zero-order valence-electron chi connectivity index (χ0n) is 4.50. The van der Waals surface area contributed by atoms with E-state index >= 15 is 0 Å². The molecule has 1 aromatic rings. The topological polar surface area (TPSA) is 54.9 Å². The molecule has 0 fully saturated rings. The third-order valence-corrected chi connectivity index (χ3v) is 2.43. The molecular formula is C4H4N2O2Pb. The van der Waals surface area contributed by atoms with E-state index in [0.29, 0.717) is 26.1 Å². The van der Waals surface area contributed by atoms with Crippen LogP contribution in [0.4, 0.5) is 0 Å². The van der Waals surface area contributed by atoms with Gasteiger partial charge >= 0.3 is 66.5 Å². The number of hydrogen-bond acceptors (Lipinski definition) is 2. The maximum absolute atomic E-state index is 10.6. The number of hydrogen-bond donors (Lipinski definition) is 1. The molecule has 1 aromatic heterocycles. The van der Waals surface area contributed by atoms with Crippen LogP contribution in [-0.4, -0.2) is 33.4 Å². The van der Waals surface area contributed by atoms with Crippen LogP contribution in [0, 0.1) is 0 Å². The molecule has 1 rings (SSSR count). The Hall–Kier alpha value is -0.398. The van der Waals surface area contributed by atoms with Crippen LogP contribution in [0.15, 0.2) is 21.9 Å². The average Bonchev–Trinajstić information content (AvgIpc) is 1.80. The van der Waals surface area contributed by atoms with E-state index in [9.17, 15) is 9.59 Å². The summed E-state index contributed by atoms with van der Waals surface area (Å²) in [7, 11) is 0. The Morgan fingerprint density at radius 3 is 2.67 bits per heavy atom. The Kier molecular flexibility index (Phi) is 1.84. The minimum atomic E-state index is -0.336. The summed E-state index contributed by atoms with van der Waals surface area (Å²) in [5.74, 6) is 0. The van der Waals surface area contributed by atoms with Crippen molar-refractivity contribution in [3.05, 3.63) is 33.1 Å². The SMILES string of the molecule is O=c1cc[n]([PbH])c(=O)[nH]1. The van der Waals surface area contributed by atoms with Gasteiger partial charge in [0.05, 0.1) is 0 Å². The standard InChI is InChI=1S/C4H4N2O2.Pb.H/c7-3-1-2-5-4(8)6-3;;/h1-2H,(H2,5,6,7,8);;/q;+1;/p-1. The molecule has 1 N–H and O–H groups in total. The van der Waals surface area contributed by atoms with Crippen LogP contribution in [0.25, 0.3) is 0 Å². The summed E-state index contributed by atoms with van der Waals surface area (Å²) in [5, 5.41) is 0. The van der Waals surface area contributed by atoms with Crippen LogP contribution in [0.1, 0.15) is 0 Å². The van der Waals surface area contributed by atoms with Gasteiger partial charge in [-0.3, -0.25) is 0 Å². The van der Waals surface area contributed by atoms with E-state index < -0.39 is 0 Å². The second-order valence-corrected chi connectivity index (χ2v) is 3.68. The minimum absolute atomic E-state index is 0.312. The molecule has 0 atom stereocenters. The van der Waals surface area contributed by atoms with Crippen molar-refractivity contribution >= 4 is 26.1 Å². The van der Waals surface area contributed by atoms with E-state index in [0.717, 1.165) is 0 Å². The summed E-state index contributed by atoms with van der Waals surface area (Å²) >= 11 is 0.416. The van der Waals surface area contributed by atoms with Crippen molar-refractivity contribution in [1.29, 1.82) is 0 Å². The third-order valence-electron chi connectivity index (χ3n) is 0.851. The Bertz CT molecular complexity index is 313. The predicted molar refractivity (Wildman–Crippen MR) is 33.9 cm³/mol. The van der Waals surface area contributed by atoms with E-state index in [1.54, 1.807) is 0 Å². The Morgan fingerprint density at radius 2 is 2.22 bits per heavy atom. The van der Waals surface area contributed by atoms with Crippen LogP contribution in [0.2, 0.25) is 0 Å². The molecule has 5 heteroatoms. The van der Waals surface area contributed by atoms with E-state index in [1.165, 1.54) is 14.6 Å². The Labute approximate surface area is 66.6 Å². The molecule has 2 radical (unpaired) electrons. The molecular weight excluding hydrogens is 315 g/mol. The van der Waals surface area contributed by atoms with Crippen molar-refractivity contribution in [3.8, 4) is 0 Å². The van der Waals surface area contributed by atoms with Gasteiger partial charge in [-0.05, 0) is 0 Å². The summed E-state index contributed by atoms with van der Waals surface area (Å²) in [6, 6.07) is 1.33. The van der Waals surface area contributed by atoms with E-state index in [2.05, 4.69) is 4.98 Å². The monoisotopic (exact) mass is 320 g/mol. The number of rotatable bonds is 0. The van der Waals surface area contributed by atoms with Gasteiger partial charge in [0.15, 0.2) is 0 Å². The summed E-state index contributed by atoms with van der Waals surface area (Å²) in [4.78, 5) is 23.1. The first kappa shape index (κ1) is 6.72. The van der Waals surface area contributed by atoms with Gasteiger partial charge in [-0.25, -0.2) is 0 Å². The number of H-pyrrole nitrogens is 1. The predicted octanol–water partition coefficient (Wildman–Crippen LogP) is -1.80. The Balaban J connectivity index is 3.52. The molecule has 4 nitrogen and oxygen atoms in total. The fourth-order valence-electron chi connectivity index (χ4n) is 0.427. The summed E-state index contributed by atoms with van der Waals surface area (Å²) < 4.78 is 1.46. The third kappa shape index (κ3) is 1.50. The quantitative estimate of drug-likeness (QED) is 0.574. The number of aromatic amines is 1. The van der Waals surface area contributed by atoms with E-state index in [1.807, 2.05) is 0 Å². The molecule has 0 amide bonds. The molecule has 0 aliphatic rings. The van der Waals surface area contributed by atoms with Gasteiger partial charge in [-0.15, -0.1) is 0 Å². The Morgan fingerprint density at radius 1 is 1.56 bits per heavy atom. The second-order valence-electron chi connectivity index (χ2n) is 1.52. The van der Waals surface area contributed by atoms with Crippen LogP contribution >= 0.6 is 0 Å². The molecule has 9 heavy (non-hydrogen) atoms. The van der Waals surface area contributed by atoms with Crippen molar-refractivity contribution < 1.29 is 0 Å². The first-order valence-corrected chi connectivity index (χ1v) is 4.28. The van der Waals surface area contributed by atoms with Gasteiger partial charge in [-0.2, -0.15) is 0 Å². The molecule has 0 spiro atoms. The van der Waals surface area contributed by atoms with Gasteiger partial charge in [0, 0.05) is 0 Å². The van der Waals surface area contributed by atoms with Gasteiger partial charge in [-0.1, -0.05) is 0 Å². The average molecular weight is 319 g/mol. The first-order valence-electron chi connectivity index (χ1n) is 2.27. The molecule has 1 heterocycles. The first-order chi connectivity index (χ1) is 4.20. The maximum atomic E-state index is 10.6. The number of nitrogens with one attached hydrogen (secondary N) is 1. The summed E-state index contributed by atoms with van der Waals surface area (Å²) in [6.07, 6.45) is 1.49. The van der Waals surface area contributed by atoms with Crippen molar-refractivity contribution in [1.82, 2.24) is 7.36 Å². The molecule has 0 saturated heterocycles. The summed E-state index contributed by atoms with van der Waals surface area (Å²) in [5.41, 5.74) is -0.649. The van der Waals surface area contributed by atoms with Gasteiger partial charge in [0.2, 0.25) is 0 Å². The van der Waals surface area contributed by atoms with Crippen LogP contribution in [0.5, 0.6) is 0 Å². The number of aromatic nitrogens is 2. The molecule has 0 aliphatic carbocycles. The zero-order valence-corrected chi connectivity index (χ0v) is 8.98. The van der Waals surface area contributed by atoms with Crippen LogP contribution < -0.4 is 11.2 Å². The van der Waals surface area contributed by atoms with Crippen LogP contribution in [0.3, 0.4) is 0 Å². The van der Waals surface area contributed by atoms with Crippen molar-refractivity contribution in [2.75, 3.05) is 0 Å². The van der Waals surface area contributed by atoms with E-state index in [-0.39, 0.29) is 11.2 Å². The van der Waals surface area contributed by atoms with Gasteiger partial charge in [0.25, 0.3) is 0 Å². The fourth-order valence-corrected chi connectivity index (χ4v) is 1.01. The van der Waals surface area contributed by atoms with Crippen molar-refractivity contribution in [3.63, 3.8) is 0 Å². The summed E-state index contributed by atoms with van der Waals surface area (Å²) in [6.45, 7) is 0. The van der Waals surface area contributed by atoms with E-state index in [4.69, 9.17) is 0 Å². The van der Waals surface area contributed by atoms with Crippen LogP contribution in [-0.2, 0) is 0 Å². The molecule has 0 bridgehead atoms. The van der Waals surface area contributed by atoms with Gasteiger partial charge < -0.3 is 0 Å². The van der Waals surface area contributed by atoms with Gasteiger partial charge in [0.1, 0.15) is 0 Å². The zero-order chi connectivity index (χ0) is 6.85. The molecule has 46 valence electrons. The number of nitrogens with zero attached hydrogens (tertiary/aromatic N) is 1. The normalized spacial score (nSPS) is 9.44. The molecule has 0 unspecified atom stereocenters. The second kappa shape index (κ2) is 2.46. The van der Waals surface area contributed by atoms with Crippen molar-refractivity contribution in [2.24, 2.45) is 0 Å². The molecule has 0 aromatic carbocycles.